The van der Waals surface area contributed by atoms with E-state index in [0.29, 0.717) is 11.3 Å². The van der Waals surface area contributed by atoms with Crippen molar-refractivity contribution in [3.8, 4) is 23.6 Å². The highest BCUT2D eigenvalue weighted by Crippen LogP contribution is 2.60. The van der Waals surface area contributed by atoms with Gasteiger partial charge < -0.3 is 14.2 Å². The van der Waals surface area contributed by atoms with Crippen molar-refractivity contribution in [3.05, 3.63) is 71.7 Å². The van der Waals surface area contributed by atoms with Crippen molar-refractivity contribution in [3.63, 3.8) is 0 Å². The second kappa shape index (κ2) is 8.89. The molecule has 1 saturated carbocycles. The van der Waals surface area contributed by atoms with Crippen LogP contribution < -0.4 is 4.74 Å². The number of allylic oxidation sites excluding steroid dienone is 2. The highest BCUT2D eigenvalue weighted by atomic mass is 19.1. The number of halogens is 1. The standard InChI is InChI=1S/C24H21FN2O4/c1-24(2)18(12-17(13-26)29-3)22(24)23(28)31-21(14-27)15-9-10-19(25)20(11-15)30-16-7-5-4-6-8-16/h4-12,18,21-22H,1-3H3/t18-,21+,22-/m0/s1. The Kier molecular flexibility index (Phi) is 6.27. The number of nitriles is 2. The Bertz CT molecular complexity index is 1080. The van der Waals surface area contributed by atoms with E-state index >= 15 is 0 Å². The van der Waals surface area contributed by atoms with Crippen LogP contribution in [0.2, 0.25) is 0 Å². The summed E-state index contributed by atoms with van der Waals surface area (Å²) in [5.41, 5.74) is -0.148. The molecule has 1 aliphatic rings. The Morgan fingerprint density at radius 3 is 2.52 bits per heavy atom. The first kappa shape index (κ1) is 21.9. The topological polar surface area (TPSA) is 92.3 Å². The molecule has 7 heteroatoms. The van der Waals surface area contributed by atoms with Crippen LogP contribution in [-0.2, 0) is 14.3 Å². The fourth-order valence-corrected chi connectivity index (χ4v) is 3.49. The van der Waals surface area contributed by atoms with Gasteiger partial charge in [-0.15, -0.1) is 0 Å². The van der Waals surface area contributed by atoms with E-state index in [1.54, 1.807) is 36.4 Å². The predicted octanol–water partition coefficient (Wildman–Crippen LogP) is 5.05. The summed E-state index contributed by atoms with van der Waals surface area (Å²) in [6, 6.07) is 16.4. The maximum Gasteiger partial charge on any atom is 0.311 e. The Labute approximate surface area is 180 Å². The molecule has 31 heavy (non-hydrogen) atoms. The number of hydrogen-bond donors (Lipinski definition) is 0. The zero-order valence-electron chi connectivity index (χ0n) is 17.3. The molecule has 0 unspecified atom stereocenters. The van der Waals surface area contributed by atoms with Crippen molar-refractivity contribution in [1.82, 2.24) is 0 Å². The largest absolute Gasteiger partial charge is 0.487 e. The number of benzene rings is 2. The molecule has 0 aromatic heterocycles. The summed E-state index contributed by atoms with van der Waals surface area (Å²) in [4.78, 5) is 12.7. The van der Waals surface area contributed by atoms with Crippen LogP contribution in [-0.4, -0.2) is 13.1 Å². The predicted molar refractivity (Wildman–Crippen MR) is 109 cm³/mol. The van der Waals surface area contributed by atoms with Crippen molar-refractivity contribution >= 4 is 5.97 Å². The summed E-state index contributed by atoms with van der Waals surface area (Å²) in [6.07, 6.45) is 0.363. The van der Waals surface area contributed by atoms with Gasteiger partial charge in [0.05, 0.1) is 13.0 Å². The van der Waals surface area contributed by atoms with Crippen LogP contribution >= 0.6 is 0 Å². The molecule has 1 aliphatic carbocycles. The van der Waals surface area contributed by atoms with Gasteiger partial charge in [-0.3, -0.25) is 4.79 Å². The zero-order chi connectivity index (χ0) is 22.6. The van der Waals surface area contributed by atoms with Crippen molar-refractivity contribution in [1.29, 1.82) is 10.5 Å². The molecule has 3 rings (SSSR count). The molecule has 0 bridgehead atoms. The molecule has 1 fully saturated rings. The number of hydrogen-bond acceptors (Lipinski definition) is 6. The number of carbonyl (C=O) groups is 1. The van der Waals surface area contributed by atoms with E-state index in [2.05, 4.69) is 0 Å². The fraction of sp³-hybridized carbons (Fsp3) is 0.292. The van der Waals surface area contributed by atoms with Crippen molar-refractivity contribution in [2.24, 2.45) is 17.3 Å². The lowest BCUT2D eigenvalue weighted by Crippen LogP contribution is -2.14. The van der Waals surface area contributed by atoms with Gasteiger partial charge in [-0.05, 0) is 35.8 Å². The summed E-state index contributed by atoms with van der Waals surface area (Å²) in [5.74, 6) is -1.47. The molecule has 2 aromatic carbocycles. The number of methoxy groups -OCH3 is 1. The molecular weight excluding hydrogens is 399 g/mol. The SMILES string of the molecule is COC(C#N)=C[C@H]1[C@@H](C(=O)O[C@H](C#N)c2ccc(F)c(Oc3ccccc3)c2)C1(C)C. The van der Waals surface area contributed by atoms with E-state index < -0.39 is 29.2 Å². The van der Waals surface area contributed by atoms with Gasteiger partial charge >= 0.3 is 5.97 Å². The number of para-hydroxylation sites is 1. The second-order valence-corrected chi connectivity index (χ2v) is 7.72. The fourth-order valence-electron chi connectivity index (χ4n) is 3.49. The van der Waals surface area contributed by atoms with Crippen molar-refractivity contribution in [2.75, 3.05) is 7.11 Å². The molecule has 0 aliphatic heterocycles. The quantitative estimate of drug-likeness (QED) is 0.353. The first-order chi connectivity index (χ1) is 14.8. The van der Waals surface area contributed by atoms with Crippen molar-refractivity contribution < 1.29 is 23.4 Å². The first-order valence-electron chi connectivity index (χ1n) is 9.60. The highest BCUT2D eigenvalue weighted by molar-refractivity contribution is 5.78. The number of nitrogens with zero attached hydrogens (tertiary/aromatic N) is 2. The van der Waals surface area contributed by atoms with Gasteiger partial charge in [-0.2, -0.15) is 10.5 Å². The average molecular weight is 420 g/mol. The summed E-state index contributed by atoms with van der Waals surface area (Å²) in [5, 5.41) is 18.6. The molecule has 6 nitrogen and oxygen atoms in total. The van der Waals surface area contributed by atoms with E-state index in [1.165, 1.54) is 19.2 Å². The number of ether oxygens (including phenoxy) is 3. The smallest absolute Gasteiger partial charge is 0.311 e. The van der Waals surface area contributed by atoms with E-state index in [0.717, 1.165) is 6.07 Å². The van der Waals surface area contributed by atoms with Crippen LogP contribution in [0.15, 0.2) is 60.4 Å². The molecule has 158 valence electrons. The monoisotopic (exact) mass is 420 g/mol. The van der Waals surface area contributed by atoms with Crippen LogP contribution in [0.4, 0.5) is 4.39 Å². The lowest BCUT2D eigenvalue weighted by molar-refractivity contribution is -0.149. The summed E-state index contributed by atoms with van der Waals surface area (Å²) in [6.45, 7) is 3.74. The lowest BCUT2D eigenvalue weighted by Gasteiger charge is -2.14. The molecule has 0 saturated heterocycles. The maximum absolute atomic E-state index is 14.2. The minimum atomic E-state index is -1.23. The van der Waals surface area contributed by atoms with Gasteiger partial charge in [0.1, 0.15) is 17.9 Å². The summed E-state index contributed by atoms with van der Waals surface area (Å²) < 4.78 is 30.2. The number of carbonyl (C=O) groups excluding carboxylic acids is 1. The number of esters is 1. The first-order valence-corrected chi connectivity index (χ1v) is 9.60. The van der Waals surface area contributed by atoms with Crippen molar-refractivity contribution in [2.45, 2.75) is 20.0 Å². The molecule has 3 atom stereocenters. The minimum Gasteiger partial charge on any atom is -0.487 e. The van der Waals surface area contributed by atoms with Crippen LogP contribution in [0.1, 0.15) is 25.5 Å². The van der Waals surface area contributed by atoms with E-state index in [4.69, 9.17) is 19.5 Å². The summed E-state index contributed by atoms with van der Waals surface area (Å²) >= 11 is 0. The minimum absolute atomic E-state index is 0.0775. The molecular formula is C24H21FN2O4. The highest BCUT2D eigenvalue weighted by Gasteiger charge is 2.62. The Morgan fingerprint density at radius 2 is 1.90 bits per heavy atom. The molecule has 0 amide bonds. The van der Waals surface area contributed by atoms with Crippen LogP contribution in [0.3, 0.4) is 0 Å². The van der Waals surface area contributed by atoms with Crippen LogP contribution in [0.25, 0.3) is 0 Å². The van der Waals surface area contributed by atoms with Gasteiger partial charge in [-0.25, -0.2) is 4.39 Å². The second-order valence-electron chi connectivity index (χ2n) is 7.72. The Balaban J connectivity index is 1.77. The zero-order valence-corrected chi connectivity index (χ0v) is 17.3. The summed E-state index contributed by atoms with van der Waals surface area (Å²) in [7, 11) is 1.38. The number of rotatable bonds is 7. The molecule has 0 radical (unpaired) electrons. The Morgan fingerprint density at radius 1 is 1.19 bits per heavy atom. The Hall–Kier alpha value is -3.84. The van der Waals surface area contributed by atoms with Gasteiger partial charge in [0.2, 0.25) is 6.10 Å². The van der Waals surface area contributed by atoms with Crippen LogP contribution in [0.5, 0.6) is 11.5 Å². The van der Waals surface area contributed by atoms with Gasteiger partial charge in [0.15, 0.2) is 17.3 Å². The molecule has 0 spiro atoms. The normalized spacial score (nSPS) is 20.0. The molecule has 0 N–H and O–H groups in total. The van der Waals surface area contributed by atoms with E-state index in [1.807, 2.05) is 26.0 Å². The van der Waals surface area contributed by atoms with E-state index in [-0.39, 0.29) is 17.4 Å². The lowest BCUT2D eigenvalue weighted by atomic mass is 10.1. The van der Waals surface area contributed by atoms with Crippen LogP contribution in [0, 0.1) is 45.7 Å². The van der Waals surface area contributed by atoms with Gasteiger partial charge in [0.25, 0.3) is 0 Å². The van der Waals surface area contributed by atoms with Gasteiger partial charge in [0, 0.05) is 11.5 Å². The van der Waals surface area contributed by atoms with E-state index in [9.17, 15) is 14.4 Å². The third-order valence-corrected chi connectivity index (χ3v) is 5.41. The third-order valence-electron chi connectivity index (χ3n) is 5.41. The molecule has 2 aromatic rings. The third kappa shape index (κ3) is 4.67. The average Bonchev–Trinajstić information content (AvgIpc) is 3.32. The van der Waals surface area contributed by atoms with Gasteiger partial charge in [-0.1, -0.05) is 38.1 Å². The maximum atomic E-state index is 14.2. The molecule has 0 heterocycles.